The molecule has 17 rings (SSSR count). The summed E-state index contributed by atoms with van der Waals surface area (Å²) in [6.07, 6.45) is -0.749. The van der Waals surface area contributed by atoms with E-state index < -0.39 is 110 Å². The third kappa shape index (κ3) is 14.8. The Morgan fingerprint density at radius 3 is 0.560 bits per heavy atom. The number of hydrazine groups is 2. The highest BCUT2D eigenvalue weighted by molar-refractivity contribution is 7.73. The number of nitrogens with zero attached hydrogens (tertiary/aromatic N) is 4. The number of amides is 8. The molecule has 4 aliphatic rings. The number of carbonyl (C=O) groups is 8. The fraction of sp³-hybridized carbons (Fsp3) is 0.122. The maximum absolute atomic E-state index is 16.2. The van der Waals surface area contributed by atoms with E-state index in [0.717, 1.165) is 44.5 Å². The van der Waals surface area contributed by atoms with Crippen LogP contribution in [-0.2, 0) is 19.2 Å². The summed E-state index contributed by atoms with van der Waals surface area (Å²) in [6.45, 7) is 0. The Morgan fingerprint density at radius 1 is 0.224 bits per heavy atom. The molecule has 4 saturated heterocycles. The summed E-state index contributed by atoms with van der Waals surface area (Å²) < 4.78 is 0. The highest BCUT2D eigenvalue weighted by atomic mass is 31.1. The van der Waals surface area contributed by atoms with Gasteiger partial charge in [-0.2, -0.15) is 0 Å². The second kappa shape index (κ2) is 33.7. The average Bonchev–Trinajstić information content (AvgIpc) is 1.54. The van der Waals surface area contributed by atoms with Gasteiger partial charge >= 0.3 is 0 Å². The second-order valence-electron chi connectivity index (χ2n) is 29.0. The van der Waals surface area contributed by atoms with Gasteiger partial charge in [0, 0.05) is 47.9 Å². The summed E-state index contributed by atoms with van der Waals surface area (Å²) in [5, 5.41) is 21.0. The van der Waals surface area contributed by atoms with E-state index in [1.54, 1.807) is 48.5 Å². The van der Waals surface area contributed by atoms with Crippen LogP contribution >= 0.6 is 15.8 Å². The van der Waals surface area contributed by atoms with Crippen LogP contribution in [-0.4, -0.2) is 67.3 Å². The SMILES string of the molecule is O=C(NC(c1ccccc1)c1ccccc1)c1ccccc1[C@@H]1N2C(=O)CCC(=O)N2[C@@H](c2ccccc2C(=O)NC(c2ccccc2)c2ccccc2)P1c1ccccc1P1[C@H](c2ccccc2C(=O)NC(c2ccccc2)c2ccccc2)N2C(=O)CCC(=O)N2[C@H]1c1ccccc1C(=O)NC(c1ccccc1)c1ccccc1. The maximum atomic E-state index is 16.2. The molecule has 0 unspecified atom stereocenters. The predicted molar refractivity (Wildman–Crippen MR) is 451 cm³/mol. The van der Waals surface area contributed by atoms with Crippen molar-refractivity contribution in [1.82, 2.24) is 41.3 Å². The molecule has 0 bridgehead atoms. The van der Waals surface area contributed by atoms with Gasteiger partial charge < -0.3 is 21.3 Å². The first-order valence-electron chi connectivity index (χ1n) is 38.9. The van der Waals surface area contributed by atoms with Gasteiger partial charge in [0.1, 0.15) is 23.1 Å². The van der Waals surface area contributed by atoms with Crippen molar-refractivity contribution in [3.63, 3.8) is 0 Å². The minimum atomic E-state index is -2.34. The van der Waals surface area contributed by atoms with Gasteiger partial charge in [0.25, 0.3) is 23.6 Å². The van der Waals surface area contributed by atoms with Crippen LogP contribution in [0, 0.1) is 0 Å². The van der Waals surface area contributed by atoms with Crippen LogP contribution in [0.25, 0.3) is 0 Å². The minimum absolute atomic E-state index is 0.187. The van der Waals surface area contributed by atoms with Gasteiger partial charge in [-0.05, 0) is 117 Å². The number of rotatable bonds is 22. The van der Waals surface area contributed by atoms with Crippen LogP contribution in [0.4, 0.5) is 0 Å². The first-order valence-corrected chi connectivity index (χ1v) is 41.9. The lowest BCUT2D eigenvalue weighted by Gasteiger charge is -2.38. The molecule has 4 aliphatic heterocycles. The largest absolute Gasteiger partial charge is 0.341 e. The summed E-state index contributed by atoms with van der Waals surface area (Å²) in [4.78, 5) is 129. The van der Waals surface area contributed by atoms with Crippen molar-refractivity contribution >= 4 is 73.7 Å². The van der Waals surface area contributed by atoms with Crippen molar-refractivity contribution in [2.45, 2.75) is 73.0 Å². The molecule has 570 valence electrons. The van der Waals surface area contributed by atoms with E-state index in [-0.39, 0.29) is 47.9 Å². The van der Waals surface area contributed by atoms with Crippen LogP contribution < -0.4 is 31.9 Å². The highest BCUT2D eigenvalue weighted by Gasteiger charge is 2.61. The van der Waals surface area contributed by atoms with E-state index in [0.29, 0.717) is 32.9 Å². The Labute approximate surface area is 675 Å². The summed E-state index contributed by atoms with van der Waals surface area (Å²) in [5.41, 5.74) is 8.92. The number of nitrogens with one attached hydrogen (secondary N) is 4. The van der Waals surface area contributed by atoms with Gasteiger partial charge in [-0.25, -0.2) is 20.0 Å². The molecule has 0 aromatic heterocycles. The average molecular weight is 1560 g/mol. The van der Waals surface area contributed by atoms with Gasteiger partial charge in [-0.15, -0.1) is 0 Å². The Balaban J connectivity index is 0.910. The molecule has 0 radical (unpaired) electrons. The van der Waals surface area contributed by atoms with Crippen LogP contribution in [0.5, 0.6) is 0 Å². The minimum Gasteiger partial charge on any atom is -0.341 e. The Hall–Kier alpha value is -13.5. The number of fused-ring (bicyclic) bond motifs is 2. The third-order valence-corrected chi connectivity index (χ3v) is 28.3. The molecule has 16 nitrogen and oxygen atoms in total. The van der Waals surface area contributed by atoms with Gasteiger partial charge in [-0.1, -0.05) is 340 Å². The van der Waals surface area contributed by atoms with E-state index in [1.807, 2.05) is 315 Å². The van der Waals surface area contributed by atoms with Crippen LogP contribution in [0.15, 0.2) is 364 Å². The Morgan fingerprint density at radius 2 is 0.379 bits per heavy atom. The predicted octanol–water partition coefficient (Wildman–Crippen LogP) is 17.5. The summed E-state index contributed by atoms with van der Waals surface area (Å²) in [7, 11) is -4.69. The zero-order valence-electron chi connectivity index (χ0n) is 63.0. The van der Waals surface area contributed by atoms with Crippen molar-refractivity contribution in [3.8, 4) is 0 Å². The lowest BCUT2D eigenvalue weighted by molar-refractivity contribution is -0.171. The topological polar surface area (TPSA) is 198 Å². The number of hydrogen-bond acceptors (Lipinski definition) is 8. The Kier molecular flexibility index (Phi) is 21.8. The smallest absolute Gasteiger partial charge is 0.252 e. The van der Waals surface area contributed by atoms with Crippen molar-refractivity contribution in [2.75, 3.05) is 0 Å². The molecule has 4 atom stereocenters. The zero-order valence-corrected chi connectivity index (χ0v) is 64.8. The monoisotopic (exact) mass is 1560 g/mol. The van der Waals surface area contributed by atoms with Gasteiger partial charge in [0.15, 0.2) is 0 Å². The standard InChI is InChI=1S/C98H80N8O8P2/c107-83-61-62-84(108)104-96(78-56-30-26-52-74(78)92(112)100-88(67-39-13-3-14-40-67)68-41-15-4-16-42-68)115(95(103(83)104)77-55-29-25-51-73(77)91(111)99-87(65-35-9-1-10-36-65)66-37-11-2-12-38-66)81-59-33-34-60-82(81)116-97(79-57-31-27-53-75(79)93(113)101-89(69-43-17-5-18-44-69)70-45-19-6-20-46-70)105-85(109)63-64-86(110)106(105)98(116)80-58-32-28-54-76(80)94(114)102-90(71-47-21-7-22-48-71)72-49-23-8-24-50-72/h1-60,87-90,95-98H,61-64H2,(H,99,111)(H,100,112)(H,101,113)(H,102,114)/t95-,96-,97-,98-/m1/s1. The van der Waals surface area contributed by atoms with E-state index in [1.165, 1.54) is 20.0 Å². The van der Waals surface area contributed by atoms with Gasteiger partial charge in [-0.3, -0.25) is 38.4 Å². The quantitative estimate of drug-likeness (QED) is 0.0481. The normalized spacial score (nSPS) is 16.9. The first-order chi connectivity index (χ1) is 57.0. The van der Waals surface area contributed by atoms with E-state index in [9.17, 15) is 0 Å². The van der Waals surface area contributed by atoms with Crippen LogP contribution in [0.1, 0.15) is 181 Å². The molecule has 0 spiro atoms. The third-order valence-electron chi connectivity index (χ3n) is 22.1. The molecule has 4 fully saturated rings. The first kappa shape index (κ1) is 75.2. The Bertz CT molecular complexity index is 4960. The molecule has 8 amide bonds. The second-order valence-corrected chi connectivity index (χ2v) is 33.6. The fourth-order valence-corrected chi connectivity index (χ4v) is 24.3. The van der Waals surface area contributed by atoms with E-state index in [2.05, 4.69) is 21.3 Å². The van der Waals surface area contributed by atoms with E-state index >= 15 is 38.4 Å². The van der Waals surface area contributed by atoms with Crippen molar-refractivity contribution in [2.24, 2.45) is 0 Å². The lowest BCUT2D eigenvalue weighted by Crippen LogP contribution is -2.50. The highest BCUT2D eigenvalue weighted by Crippen LogP contribution is 2.75. The van der Waals surface area contributed by atoms with Crippen molar-refractivity contribution in [1.29, 1.82) is 0 Å². The number of hydrogen-bond donors (Lipinski definition) is 4. The molecule has 18 heteroatoms. The molecule has 4 N–H and O–H groups in total. The van der Waals surface area contributed by atoms with Gasteiger partial charge in [0.05, 0.1) is 24.2 Å². The molecule has 116 heavy (non-hydrogen) atoms. The van der Waals surface area contributed by atoms with E-state index in [4.69, 9.17) is 0 Å². The summed E-state index contributed by atoms with van der Waals surface area (Å²) in [6, 6.07) is 111. The van der Waals surface area contributed by atoms with Crippen LogP contribution in [0.2, 0.25) is 0 Å². The zero-order chi connectivity index (χ0) is 79.2. The fourth-order valence-electron chi connectivity index (χ4n) is 16.8. The molecule has 13 aromatic carbocycles. The summed E-state index contributed by atoms with van der Waals surface area (Å²) >= 11 is 0. The van der Waals surface area contributed by atoms with Crippen LogP contribution in [0.3, 0.4) is 0 Å². The van der Waals surface area contributed by atoms with Gasteiger partial charge in [0.2, 0.25) is 23.6 Å². The molecule has 0 saturated carbocycles. The molecular formula is C98H80N8O8P2. The number of benzene rings is 13. The maximum Gasteiger partial charge on any atom is 0.252 e. The molecule has 4 heterocycles. The molecule has 0 aliphatic carbocycles. The molecular weight excluding hydrogens is 1480 g/mol. The molecule has 13 aromatic rings. The van der Waals surface area contributed by atoms with Crippen molar-refractivity contribution in [3.05, 3.63) is 453 Å². The summed E-state index contributed by atoms with van der Waals surface area (Å²) in [5.74, 6) is -8.27. The lowest BCUT2D eigenvalue weighted by atomic mass is 9.97. The van der Waals surface area contributed by atoms with Crippen molar-refractivity contribution < 1.29 is 38.4 Å². The number of carbonyl (C=O) groups excluding carboxylic acids is 8.